The van der Waals surface area contributed by atoms with E-state index in [1.54, 1.807) is 61.5 Å². The summed E-state index contributed by atoms with van der Waals surface area (Å²) in [7, 11) is 1.39. The molecule has 4 amide bonds. The van der Waals surface area contributed by atoms with Crippen molar-refractivity contribution in [3.63, 3.8) is 0 Å². The van der Waals surface area contributed by atoms with E-state index in [9.17, 15) is 33.5 Å². The number of fused-ring (bicyclic) bond motifs is 4. The number of amides is 4. The second kappa shape index (κ2) is 13.3. The van der Waals surface area contributed by atoms with Crippen LogP contribution in [0.15, 0.2) is 99.5 Å². The Morgan fingerprint density at radius 3 is 2.20 bits per heavy atom. The number of phenolic OH excluding ortho intramolecular Hbond substituents is 1. The van der Waals surface area contributed by atoms with Crippen LogP contribution >= 0.6 is 43.5 Å². The Morgan fingerprint density at radius 1 is 0.870 bits per heavy atom. The standard InChI is InChI=1S/C41H30Br2ClFN2O7/c1-41-27(38(51)47(40(41)53)22-12-15-29(45)28(44)16-22)17-25-23(32(41)26-18-30(54-2)36(49)34(43)33(26)42)13-14-24-31(25)39(52)46(37(24)50)21-10-8-20(9-11-21)35(48)19-6-4-3-5-7-19/h3-13,15-16,18,24-25,27,31-32,49H,14,17H2,1-2H3/t24-,25+,27-,31-,32+,41+/m0/s1. The molecule has 54 heavy (non-hydrogen) atoms. The van der Waals surface area contributed by atoms with Crippen molar-refractivity contribution in [2.75, 3.05) is 16.9 Å². The van der Waals surface area contributed by atoms with Gasteiger partial charge in [-0.25, -0.2) is 9.29 Å². The number of ether oxygens (including phenoxy) is 1. The van der Waals surface area contributed by atoms with Gasteiger partial charge in [0.15, 0.2) is 17.3 Å². The minimum Gasteiger partial charge on any atom is -0.503 e. The minimum atomic E-state index is -1.43. The van der Waals surface area contributed by atoms with Gasteiger partial charge in [0.2, 0.25) is 23.6 Å². The van der Waals surface area contributed by atoms with Crippen LogP contribution in [0.1, 0.15) is 47.2 Å². The number of anilines is 2. The molecule has 2 heterocycles. The highest BCUT2D eigenvalue weighted by atomic mass is 79.9. The zero-order chi connectivity index (χ0) is 38.4. The molecule has 2 aliphatic carbocycles. The molecule has 0 spiro atoms. The highest BCUT2D eigenvalue weighted by Gasteiger charge is 2.68. The van der Waals surface area contributed by atoms with Gasteiger partial charge >= 0.3 is 0 Å². The van der Waals surface area contributed by atoms with Gasteiger partial charge in [-0.2, -0.15) is 0 Å². The van der Waals surface area contributed by atoms with Crippen LogP contribution in [0.4, 0.5) is 15.8 Å². The van der Waals surface area contributed by atoms with Gasteiger partial charge in [0.25, 0.3) is 0 Å². The quantitative estimate of drug-likeness (QED) is 0.117. The lowest BCUT2D eigenvalue weighted by molar-refractivity contribution is -0.131. The summed E-state index contributed by atoms with van der Waals surface area (Å²) in [5.41, 5.74) is 1.14. The van der Waals surface area contributed by atoms with Gasteiger partial charge < -0.3 is 9.84 Å². The maximum absolute atomic E-state index is 14.8. The molecule has 3 fully saturated rings. The Morgan fingerprint density at radius 2 is 1.54 bits per heavy atom. The number of carbonyl (C=O) groups excluding carboxylic acids is 5. The second-order valence-electron chi connectivity index (χ2n) is 14.2. The molecular weight excluding hydrogens is 847 g/mol. The summed E-state index contributed by atoms with van der Waals surface area (Å²) in [5, 5.41) is 10.6. The van der Waals surface area contributed by atoms with Gasteiger partial charge in [0.1, 0.15) is 5.82 Å². The first-order valence-electron chi connectivity index (χ1n) is 17.1. The van der Waals surface area contributed by atoms with Crippen molar-refractivity contribution in [1.29, 1.82) is 0 Å². The van der Waals surface area contributed by atoms with Crippen LogP contribution in [0.25, 0.3) is 0 Å². The summed E-state index contributed by atoms with van der Waals surface area (Å²) in [5.74, 6) is -6.90. The van der Waals surface area contributed by atoms with Crippen molar-refractivity contribution < 1.29 is 38.2 Å². The summed E-state index contributed by atoms with van der Waals surface area (Å²) in [4.78, 5) is 73.2. The van der Waals surface area contributed by atoms with E-state index in [0.29, 0.717) is 32.4 Å². The van der Waals surface area contributed by atoms with E-state index in [-0.39, 0.29) is 51.2 Å². The number of ketones is 1. The van der Waals surface area contributed by atoms with E-state index in [2.05, 4.69) is 31.9 Å². The predicted molar refractivity (Wildman–Crippen MR) is 205 cm³/mol. The first kappa shape index (κ1) is 36.3. The first-order chi connectivity index (χ1) is 25.8. The predicted octanol–water partition coefficient (Wildman–Crippen LogP) is 8.38. The van der Waals surface area contributed by atoms with Gasteiger partial charge in [-0.1, -0.05) is 53.6 Å². The number of halogens is 4. The number of hydrogen-bond donors (Lipinski definition) is 1. The molecule has 4 aromatic rings. The van der Waals surface area contributed by atoms with Crippen LogP contribution in [0.5, 0.6) is 11.5 Å². The lowest BCUT2D eigenvalue weighted by atomic mass is 9.51. The SMILES string of the molecule is COc1cc([C@H]2C3=CC[C@@H]4C(=O)N(c5ccc(C(=O)c6ccccc6)cc5)C(=O)[C@@H]4[C@@H]3C[C@H]3C(=O)N(c4ccc(F)c(Cl)c4)C(=O)[C@@]23C)c(Br)c(Br)c1O. The van der Waals surface area contributed by atoms with Gasteiger partial charge in [0.05, 0.1) is 51.1 Å². The summed E-state index contributed by atoms with van der Waals surface area (Å²) in [6, 6.07) is 20.4. The van der Waals surface area contributed by atoms with Crippen LogP contribution in [0.3, 0.4) is 0 Å². The maximum Gasteiger partial charge on any atom is 0.241 e. The molecule has 1 saturated carbocycles. The number of hydrogen-bond acceptors (Lipinski definition) is 7. The average Bonchev–Trinajstić information content (AvgIpc) is 3.55. The molecule has 4 aliphatic rings. The minimum absolute atomic E-state index is 0.0847. The Kier molecular flexibility index (Phi) is 8.93. The van der Waals surface area contributed by atoms with Gasteiger partial charge in [-0.3, -0.25) is 28.9 Å². The van der Waals surface area contributed by atoms with Gasteiger partial charge in [0, 0.05) is 21.5 Å². The van der Waals surface area contributed by atoms with Crippen molar-refractivity contribution in [3.05, 3.63) is 127 Å². The molecule has 0 aromatic heterocycles. The summed E-state index contributed by atoms with van der Waals surface area (Å²) in [6.45, 7) is 1.71. The first-order valence-corrected chi connectivity index (χ1v) is 19.1. The number of phenols is 1. The topological polar surface area (TPSA) is 121 Å². The van der Waals surface area contributed by atoms with E-state index in [4.69, 9.17) is 16.3 Å². The van der Waals surface area contributed by atoms with Crippen molar-refractivity contribution >= 4 is 84.2 Å². The van der Waals surface area contributed by atoms with Gasteiger partial charge in [-0.15, -0.1) is 0 Å². The van der Waals surface area contributed by atoms with Crippen LogP contribution in [0, 0.1) is 34.9 Å². The van der Waals surface area contributed by atoms with Crippen LogP contribution in [0.2, 0.25) is 5.02 Å². The third kappa shape index (κ3) is 5.24. The molecule has 274 valence electrons. The molecular formula is C41H30Br2ClFN2O7. The molecule has 2 saturated heterocycles. The Hall–Kier alpha value is -4.65. The van der Waals surface area contributed by atoms with Crippen molar-refractivity contribution in [2.45, 2.75) is 25.7 Å². The van der Waals surface area contributed by atoms with Crippen molar-refractivity contribution in [2.24, 2.45) is 29.1 Å². The molecule has 0 bridgehead atoms. The molecule has 13 heteroatoms. The Labute approximate surface area is 331 Å². The summed E-state index contributed by atoms with van der Waals surface area (Å²) >= 11 is 13.2. The summed E-state index contributed by atoms with van der Waals surface area (Å²) < 4.78 is 20.4. The fourth-order valence-electron chi connectivity index (χ4n) is 8.98. The Balaban J connectivity index is 1.22. The highest BCUT2D eigenvalue weighted by Crippen LogP contribution is 2.65. The van der Waals surface area contributed by atoms with E-state index in [0.717, 1.165) is 15.9 Å². The molecule has 0 radical (unpaired) electrons. The zero-order valence-corrected chi connectivity index (χ0v) is 32.6. The number of allylic oxidation sites excluding steroid dienone is 2. The number of imide groups is 2. The zero-order valence-electron chi connectivity index (χ0n) is 28.7. The largest absolute Gasteiger partial charge is 0.503 e. The van der Waals surface area contributed by atoms with Crippen molar-refractivity contribution in [1.82, 2.24) is 0 Å². The van der Waals surface area contributed by atoms with Crippen LogP contribution < -0.4 is 14.5 Å². The molecule has 9 nitrogen and oxygen atoms in total. The average molecular weight is 877 g/mol. The van der Waals surface area contributed by atoms with Gasteiger partial charge in [-0.05, 0) is 112 Å². The van der Waals surface area contributed by atoms with Crippen LogP contribution in [-0.4, -0.2) is 41.6 Å². The molecule has 4 aromatic carbocycles. The summed E-state index contributed by atoms with van der Waals surface area (Å²) in [6.07, 6.45) is 2.19. The molecule has 1 N–H and O–H groups in total. The highest BCUT2D eigenvalue weighted by molar-refractivity contribution is 9.13. The monoisotopic (exact) mass is 874 g/mol. The number of aromatic hydroxyl groups is 1. The fraction of sp³-hybridized carbons (Fsp3) is 0.244. The fourth-order valence-corrected chi connectivity index (χ4v) is 10.1. The third-order valence-corrected chi connectivity index (χ3v) is 14.0. The molecule has 8 rings (SSSR count). The number of benzene rings is 4. The molecule has 2 aliphatic heterocycles. The number of carbonyl (C=O) groups is 5. The normalized spacial score (nSPS) is 26.0. The maximum atomic E-state index is 14.8. The van der Waals surface area contributed by atoms with Crippen LogP contribution in [-0.2, 0) is 19.2 Å². The third-order valence-electron chi connectivity index (χ3n) is 11.6. The lowest BCUT2D eigenvalue weighted by Crippen LogP contribution is -2.49. The number of methoxy groups -OCH3 is 1. The van der Waals surface area contributed by atoms with E-state index in [1.165, 1.54) is 19.2 Å². The van der Waals surface area contributed by atoms with Crippen molar-refractivity contribution in [3.8, 4) is 11.5 Å². The van der Waals surface area contributed by atoms with E-state index >= 15 is 0 Å². The van der Waals surface area contributed by atoms with E-state index in [1.807, 2.05) is 12.1 Å². The number of rotatable bonds is 6. The van der Waals surface area contributed by atoms with E-state index < -0.39 is 58.5 Å². The lowest BCUT2D eigenvalue weighted by Gasteiger charge is -2.49. The smallest absolute Gasteiger partial charge is 0.241 e. The Bertz CT molecular complexity index is 2350. The number of nitrogens with zero attached hydrogens (tertiary/aromatic N) is 2. The molecule has 6 atom stereocenters. The second-order valence-corrected chi connectivity index (χ2v) is 16.2. The molecule has 0 unspecified atom stereocenters.